The highest BCUT2D eigenvalue weighted by Gasteiger charge is 2.37. The van der Waals surface area contributed by atoms with E-state index in [4.69, 9.17) is 14.6 Å². The molecular formula is C11H21NO5. The lowest BCUT2D eigenvalue weighted by atomic mass is 10.1. The summed E-state index contributed by atoms with van der Waals surface area (Å²) in [6.07, 6.45) is -0.776. The Morgan fingerprint density at radius 1 is 1.24 bits per heavy atom. The summed E-state index contributed by atoms with van der Waals surface area (Å²) < 4.78 is 9.75. The highest BCUT2D eigenvalue weighted by Crippen LogP contribution is 2.10. The minimum Gasteiger partial charge on any atom is -0.464 e. The molecule has 0 aromatic rings. The van der Waals surface area contributed by atoms with E-state index in [9.17, 15) is 9.59 Å². The van der Waals surface area contributed by atoms with Gasteiger partial charge in [-0.3, -0.25) is 0 Å². The molecule has 0 radical (unpaired) electrons. The Bertz CT molecular complexity index is 284. The molecule has 0 aromatic carbocycles. The van der Waals surface area contributed by atoms with Crippen LogP contribution in [0.1, 0.15) is 34.6 Å². The lowest BCUT2D eigenvalue weighted by Crippen LogP contribution is -2.56. The lowest BCUT2D eigenvalue weighted by Gasteiger charge is -2.28. The van der Waals surface area contributed by atoms with Crippen molar-refractivity contribution in [2.24, 2.45) is 0 Å². The van der Waals surface area contributed by atoms with Gasteiger partial charge in [0.2, 0.25) is 0 Å². The Kier molecular flexibility index (Phi) is 5.41. The second-order valence-electron chi connectivity index (χ2n) is 4.84. The number of esters is 1. The van der Waals surface area contributed by atoms with Gasteiger partial charge in [-0.1, -0.05) is 0 Å². The number of rotatable bonds is 4. The third-order valence-electron chi connectivity index (χ3n) is 1.82. The number of aliphatic hydroxyl groups is 1. The summed E-state index contributed by atoms with van der Waals surface area (Å²) in [6, 6.07) is 0. The number of hydrogen-bond acceptors (Lipinski definition) is 5. The molecular weight excluding hydrogens is 226 g/mol. The number of aliphatic hydroxyl groups excluding tert-OH is 1. The van der Waals surface area contributed by atoms with Crippen LogP contribution in [0.5, 0.6) is 0 Å². The van der Waals surface area contributed by atoms with Crippen LogP contribution in [-0.2, 0) is 14.3 Å². The van der Waals surface area contributed by atoms with Crippen molar-refractivity contribution in [3.8, 4) is 0 Å². The van der Waals surface area contributed by atoms with Gasteiger partial charge in [0.25, 0.3) is 0 Å². The molecule has 0 aromatic heterocycles. The molecule has 2 N–H and O–H groups in total. The Balaban J connectivity index is 4.58. The number of carbonyl (C=O) groups excluding carboxylic acids is 2. The van der Waals surface area contributed by atoms with Crippen molar-refractivity contribution in [1.29, 1.82) is 0 Å². The average Bonchev–Trinajstić information content (AvgIpc) is 2.14. The average molecular weight is 247 g/mol. The smallest absolute Gasteiger partial charge is 0.408 e. The van der Waals surface area contributed by atoms with Crippen LogP contribution in [0.3, 0.4) is 0 Å². The van der Waals surface area contributed by atoms with Crippen molar-refractivity contribution in [2.75, 3.05) is 13.2 Å². The fourth-order valence-electron chi connectivity index (χ4n) is 0.974. The lowest BCUT2D eigenvalue weighted by molar-refractivity contribution is -0.152. The van der Waals surface area contributed by atoms with Gasteiger partial charge in [0, 0.05) is 0 Å². The van der Waals surface area contributed by atoms with Gasteiger partial charge in [0.15, 0.2) is 5.54 Å². The summed E-state index contributed by atoms with van der Waals surface area (Å²) in [5, 5.41) is 11.5. The maximum absolute atomic E-state index is 11.5. The van der Waals surface area contributed by atoms with Crippen molar-refractivity contribution in [3.05, 3.63) is 0 Å². The van der Waals surface area contributed by atoms with Gasteiger partial charge in [-0.25, -0.2) is 9.59 Å². The first-order valence-electron chi connectivity index (χ1n) is 5.44. The second kappa shape index (κ2) is 5.86. The van der Waals surface area contributed by atoms with E-state index in [0.717, 1.165) is 0 Å². The predicted octanol–water partition coefficient (Wildman–Crippen LogP) is 0.825. The zero-order valence-electron chi connectivity index (χ0n) is 11.0. The number of hydrogen-bond donors (Lipinski definition) is 2. The van der Waals surface area contributed by atoms with E-state index >= 15 is 0 Å². The van der Waals surface area contributed by atoms with E-state index < -0.39 is 29.8 Å². The van der Waals surface area contributed by atoms with Crippen LogP contribution in [-0.4, -0.2) is 41.5 Å². The van der Waals surface area contributed by atoms with E-state index in [1.807, 2.05) is 0 Å². The minimum absolute atomic E-state index is 0.171. The third kappa shape index (κ3) is 5.53. The number of carbonyl (C=O) groups is 2. The van der Waals surface area contributed by atoms with Gasteiger partial charge < -0.3 is 19.9 Å². The Hall–Kier alpha value is -1.30. The SMILES string of the molecule is CCOC(=O)C(C)(CO)NC(=O)OC(C)(C)C. The fraction of sp³-hybridized carbons (Fsp3) is 0.818. The summed E-state index contributed by atoms with van der Waals surface area (Å²) in [7, 11) is 0. The van der Waals surface area contributed by atoms with Gasteiger partial charge in [-0.15, -0.1) is 0 Å². The molecule has 6 nitrogen and oxygen atoms in total. The minimum atomic E-state index is -1.49. The molecule has 0 rings (SSSR count). The highest BCUT2D eigenvalue weighted by atomic mass is 16.6. The first-order valence-corrected chi connectivity index (χ1v) is 5.44. The molecule has 0 heterocycles. The molecule has 17 heavy (non-hydrogen) atoms. The summed E-state index contributed by atoms with van der Waals surface area (Å²) in [6.45, 7) is 7.72. The zero-order chi connectivity index (χ0) is 13.7. The number of ether oxygens (including phenoxy) is 2. The molecule has 0 aliphatic heterocycles. The molecule has 0 spiro atoms. The monoisotopic (exact) mass is 247 g/mol. The molecule has 1 atom stereocenters. The largest absolute Gasteiger partial charge is 0.464 e. The van der Waals surface area contributed by atoms with Crippen molar-refractivity contribution in [2.45, 2.75) is 45.8 Å². The first kappa shape index (κ1) is 15.7. The van der Waals surface area contributed by atoms with E-state index in [2.05, 4.69) is 5.32 Å². The summed E-state index contributed by atoms with van der Waals surface area (Å²) in [5.74, 6) is -0.701. The van der Waals surface area contributed by atoms with E-state index in [1.54, 1.807) is 27.7 Å². The molecule has 0 fully saturated rings. The quantitative estimate of drug-likeness (QED) is 0.719. The van der Waals surface area contributed by atoms with E-state index in [-0.39, 0.29) is 6.61 Å². The highest BCUT2D eigenvalue weighted by molar-refractivity contribution is 5.85. The topological polar surface area (TPSA) is 84.9 Å². The molecule has 0 aliphatic carbocycles. The maximum Gasteiger partial charge on any atom is 0.408 e. The van der Waals surface area contributed by atoms with E-state index in [1.165, 1.54) is 6.92 Å². The Morgan fingerprint density at radius 2 is 1.76 bits per heavy atom. The second-order valence-corrected chi connectivity index (χ2v) is 4.84. The van der Waals surface area contributed by atoms with Crippen LogP contribution in [0.15, 0.2) is 0 Å². The molecule has 0 saturated carbocycles. The van der Waals surface area contributed by atoms with Crippen LogP contribution >= 0.6 is 0 Å². The molecule has 0 saturated heterocycles. The van der Waals surface area contributed by atoms with Gasteiger partial charge >= 0.3 is 12.1 Å². The Labute approximate surface area is 101 Å². The standard InChI is InChI=1S/C11H21NO5/c1-6-16-8(14)11(5,7-13)12-9(15)17-10(2,3)4/h13H,6-7H2,1-5H3,(H,12,15). The first-order chi connectivity index (χ1) is 7.64. The van der Waals surface area contributed by atoms with Crippen molar-refractivity contribution in [1.82, 2.24) is 5.32 Å². The molecule has 0 aliphatic rings. The van der Waals surface area contributed by atoms with Crippen LogP contribution in [0.2, 0.25) is 0 Å². The van der Waals surface area contributed by atoms with Crippen molar-refractivity contribution >= 4 is 12.1 Å². The van der Waals surface area contributed by atoms with Crippen LogP contribution in [0.4, 0.5) is 4.79 Å². The van der Waals surface area contributed by atoms with E-state index in [0.29, 0.717) is 0 Å². The van der Waals surface area contributed by atoms with Crippen molar-refractivity contribution < 1.29 is 24.2 Å². The third-order valence-corrected chi connectivity index (χ3v) is 1.82. The molecule has 0 bridgehead atoms. The van der Waals surface area contributed by atoms with Gasteiger partial charge in [0.1, 0.15) is 5.60 Å². The zero-order valence-corrected chi connectivity index (χ0v) is 11.0. The number of nitrogens with one attached hydrogen (secondary N) is 1. The maximum atomic E-state index is 11.5. The number of amides is 1. The van der Waals surface area contributed by atoms with Crippen LogP contribution in [0.25, 0.3) is 0 Å². The van der Waals surface area contributed by atoms with Crippen LogP contribution < -0.4 is 5.32 Å². The molecule has 1 amide bonds. The summed E-state index contributed by atoms with van der Waals surface area (Å²) in [4.78, 5) is 23.0. The van der Waals surface area contributed by atoms with Gasteiger partial charge in [0.05, 0.1) is 13.2 Å². The van der Waals surface area contributed by atoms with Gasteiger partial charge in [-0.2, -0.15) is 0 Å². The molecule has 100 valence electrons. The van der Waals surface area contributed by atoms with Gasteiger partial charge in [-0.05, 0) is 34.6 Å². The molecule has 1 unspecified atom stereocenters. The summed E-state index contributed by atoms with van der Waals surface area (Å²) in [5.41, 5.74) is -2.16. The fourth-order valence-corrected chi connectivity index (χ4v) is 0.974. The predicted molar refractivity (Wildman–Crippen MR) is 61.5 cm³/mol. The normalized spacial score (nSPS) is 14.7. The van der Waals surface area contributed by atoms with Crippen LogP contribution in [0, 0.1) is 0 Å². The molecule has 6 heteroatoms. The number of alkyl carbamates (subject to hydrolysis) is 1. The van der Waals surface area contributed by atoms with Crippen molar-refractivity contribution in [3.63, 3.8) is 0 Å². The Morgan fingerprint density at radius 3 is 2.12 bits per heavy atom. The summed E-state index contributed by atoms with van der Waals surface area (Å²) >= 11 is 0.